The molecule has 0 unspecified atom stereocenters. The summed E-state index contributed by atoms with van der Waals surface area (Å²) >= 11 is 0. The zero-order valence-electron chi connectivity index (χ0n) is 10.9. The summed E-state index contributed by atoms with van der Waals surface area (Å²) in [5, 5.41) is 3.56. The SMILES string of the molecule is CC(C)Oc1ccccc1[C@@H]1CN(C)CCN1. The van der Waals surface area contributed by atoms with Crippen LogP contribution in [0.15, 0.2) is 24.3 Å². The van der Waals surface area contributed by atoms with Crippen LogP contribution in [0, 0.1) is 0 Å². The molecule has 0 saturated carbocycles. The molecule has 2 rings (SSSR count). The summed E-state index contributed by atoms with van der Waals surface area (Å²) < 4.78 is 5.88. The first-order chi connectivity index (χ1) is 8.16. The second kappa shape index (κ2) is 5.52. The van der Waals surface area contributed by atoms with Crippen LogP contribution in [0.5, 0.6) is 5.75 Å². The molecule has 1 aliphatic heterocycles. The van der Waals surface area contributed by atoms with Gasteiger partial charge in [0.25, 0.3) is 0 Å². The second-order valence-electron chi connectivity index (χ2n) is 4.97. The number of hydrogen-bond donors (Lipinski definition) is 1. The van der Waals surface area contributed by atoms with Gasteiger partial charge in [0.2, 0.25) is 0 Å². The Morgan fingerprint density at radius 2 is 2.12 bits per heavy atom. The Morgan fingerprint density at radius 3 is 2.82 bits per heavy atom. The lowest BCUT2D eigenvalue weighted by Gasteiger charge is -2.32. The smallest absolute Gasteiger partial charge is 0.124 e. The van der Waals surface area contributed by atoms with Crippen LogP contribution in [-0.2, 0) is 0 Å². The van der Waals surface area contributed by atoms with Gasteiger partial charge >= 0.3 is 0 Å². The van der Waals surface area contributed by atoms with Crippen molar-refractivity contribution in [2.75, 3.05) is 26.7 Å². The number of piperazine rings is 1. The van der Waals surface area contributed by atoms with E-state index in [0.717, 1.165) is 25.4 Å². The summed E-state index contributed by atoms with van der Waals surface area (Å²) in [5.74, 6) is 1.01. The van der Waals surface area contributed by atoms with Gasteiger partial charge in [-0.3, -0.25) is 0 Å². The standard InChI is InChI=1S/C14H22N2O/c1-11(2)17-14-7-5-4-6-12(14)13-10-16(3)9-8-15-13/h4-7,11,13,15H,8-10H2,1-3H3/t13-/m0/s1. The Bertz CT molecular complexity index is 365. The maximum Gasteiger partial charge on any atom is 0.124 e. The van der Waals surface area contributed by atoms with E-state index in [1.807, 2.05) is 6.07 Å². The molecule has 1 heterocycles. The van der Waals surface area contributed by atoms with Crippen LogP contribution in [-0.4, -0.2) is 37.7 Å². The fraction of sp³-hybridized carbons (Fsp3) is 0.571. The van der Waals surface area contributed by atoms with Gasteiger partial charge in [0.05, 0.1) is 6.10 Å². The van der Waals surface area contributed by atoms with Crippen molar-refractivity contribution in [3.63, 3.8) is 0 Å². The normalized spacial score (nSPS) is 21.8. The molecule has 1 aliphatic rings. The van der Waals surface area contributed by atoms with Gasteiger partial charge in [-0.05, 0) is 27.0 Å². The van der Waals surface area contributed by atoms with Crippen molar-refractivity contribution in [2.24, 2.45) is 0 Å². The minimum atomic E-state index is 0.220. The lowest BCUT2D eigenvalue weighted by molar-refractivity contribution is 0.218. The first-order valence-corrected chi connectivity index (χ1v) is 6.34. The Labute approximate surface area is 104 Å². The highest BCUT2D eigenvalue weighted by atomic mass is 16.5. The highest BCUT2D eigenvalue weighted by Crippen LogP contribution is 2.27. The summed E-state index contributed by atoms with van der Waals surface area (Å²) in [6.45, 7) is 7.33. The second-order valence-corrected chi connectivity index (χ2v) is 4.97. The molecule has 1 atom stereocenters. The molecule has 0 aliphatic carbocycles. The third-order valence-corrected chi connectivity index (χ3v) is 3.04. The van der Waals surface area contributed by atoms with Crippen molar-refractivity contribution in [2.45, 2.75) is 26.0 Å². The predicted octanol–water partition coefficient (Wildman–Crippen LogP) is 2.05. The number of nitrogens with one attached hydrogen (secondary N) is 1. The first kappa shape index (κ1) is 12.4. The van der Waals surface area contributed by atoms with Crippen LogP contribution in [0.3, 0.4) is 0 Å². The van der Waals surface area contributed by atoms with E-state index in [-0.39, 0.29) is 6.10 Å². The topological polar surface area (TPSA) is 24.5 Å². The van der Waals surface area contributed by atoms with Crippen molar-refractivity contribution < 1.29 is 4.74 Å². The molecule has 0 amide bonds. The van der Waals surface area contributed by atoms with Crippen LogP contribution < -0.4 is 10.1 Å². The van der Waals surface area contributed by atoms with Crippen molar-refractivity contribution in [1.82, 2.24) is 10.2 Å². The predicted molar refractivity (Wildman–Crippen MR) is 70.4 cm³/mol. The number of hydrogen-bond acceptors (Lipinski definition) is 3. The van der Waals surface area contributed by atoms with Crippen LogP contribution in [0.1, 0.15) is 25.5 Å². The van der Waals surface area contributed by atoms with Crippen molar-refractivity contribution in [1.29, 1.82) is 0 Å². The fourth-order valence-corrected chi connectivity index (χ4v) is 2.24. The Morgan fingerprint density at radius 1 is 1.35 bits per heavy atom. The monoisotopic (exact) mass is 234 g/mol. The summed E-state index contributed by atoms with van der Waals surface area (Å²) in [6, 6.07) is 8.72. The van der Waals surface area contributed by atoms with E-state index in [2.05, 4.69) is 49.3 Å². The molecule has 17 heavy (non-hydrogen) atoms. The molecule has 0 bridgehead atoms. The van der Waals surface area contributed by atoms with E-state index >= 15 is 0 Å². The lowest BCUT2D eigenvalue weighted by atomic mass is 10.0. The average Bonchev–Trinajstić information content (AvgIpc) is 2.29. The van der Waals surface area contributed by atoms with E-state index < -0.39 is 0 Å². The van der Waals surface area contributed by atoms with E-state index in [0.29, 0.717) is 6.04 Å². The lowest BCUT2D eigenvalue weighted by Crippen LogP contribution is -2.43. The van der Waals surface area contributed by atoms with Gasteiger partial charge in [-0.2, -0.15) is 0 Å². The van der Waals surface area contributed by atoms with Gasteiger partial charge in [0, 0.05) is 31.2 Å². The molecular weight excluding hydrogens is 212 g/mol. The van der Waals surface area contributed by atoms with Gasteiger partial charge in [0.15, 0.2) is 0 Å². The maximum absolute atomic E-state index is 5.88. The Hall–Kier alpha value is -1.06. The number of ether oxygens (including phenoxy) is 1. The molecule has 1 aromatic carbocycles. The number of para-hydroxylation sites is 1. The Kier molecular flexibility index (Phi) is 4.02. The molecule has 1 N–H and O–H groups in total. The van der Waals surface area contributed by atoms with Crippen molar-refractivity contribution in [3.05, 3.63) is 29.8 Å². The number of rotatable bonds is 3. The van der Waals surface area contributed by atoms with Gasteiger partial charge in [0.1, 0.15) is 5.75 Å². The van der Waals surface area contributed by atoms with Gasteiger partial charge in [-0.1, -0.05) is 18.2 Å². The molecule has 0 aromatic heterocycles. The highest BCUT2D eigenvalue weighted by molar-refractivity contribution is 5.36. The number of benzene rings is 1. The van der Waals surface area contributed by atoms with Crippen molar-refractivity contribution in [3.8, 4) is 5.75 Å². The molecule has 3 nitrogen and oxygen atoms in total. The largest absolute Gasteiger partial charge is 0.491 e. The van der Waals surface area contributed by atoms with Crippen LogP contribution in [0.4, 0.5) is 0 Å². The molecule has 0 spiro atoms. The molecule has 0 radical (unpaired) electrons. The molecule has 94 valence electrons. The van der Waals surface area contributed by atoms with Crippen molar-refractivity contribution >= 4 is 0 Å². The van der Waals surface area contributed by atoms with Gasteiger partial charge < -0.3 is 15.0 Å². The number of likely N-dealkylation sites (N-methyl/N-ethyl adjacent to an activating group) is 1. The third kappa shape index (κ3) is 3.20. The van der Waals surface area contributed by atoms with E-state index in [4.69, 9.17) is 4.74 Å². The quantitative estimate of drug-likeness (QED) is 0.866. The van der Waals surface area contributed by atoms with Crippen LogP contribution >= 0.6 is 0 Å². The first-order valence-electron chi connectivity index (χ1n) is 6.34. The summed E-state index contributed by atoms with van der Waals surface area (Å²) in [6.07, 6.45) is 0.220. The fourth-order valence-electron chi connectivity index (χ4n) is 2.24. The zero-order valence-corrected chi connectivity index (χ0v) is 10.9. The molecule has 1 aromatic rings. The summed E-state index contributed by atoms with van der Waals surface area (Å²) in [5.41, 5.74) is 1.27. The number of nitrogens with zero attached hydrogens (tertiary/aromatic N) is 1. The van der Waals surface area contributed by atoms with E-state index in [1.54, 1.807) is 0 Å². The van der Waals surface area contributed by atoms with E-state index in [1.165, 1.54) is 5.56 Å². The summed E-state index contributed by atoms with van der Waals surface area (Å²) in [4.78, 5) is 2.35. The molecular formula is C14H22N2O. The van der Waals surface area contributed by atoms with Crippen LogP contribution in [0.25, 0.3) is 0 Å². The molecule has 3 heteroatoms. The molecule has 1 saturated heterocycles. The maximum atomic E-state index is 5.88. The minimum Gasteiger partial charge on any atom is -0.491 e. The minimum absolute atomic E-state index is 0.220. The molecule has 1 fully saturated rings. The highest BCUT2D eigenvalue weighted by Gasteiger charge is 2.21. The third-order valence-electron chi connectivity index (χ3n) is 3.04. The van der Waals surface area contributed by atoms with E-state index in [9.17, 15) is 0 Å². The average molecular weight is 234 g/mol. The summed E-state index contributed by atoms with van der Waals surface area (Å²) in [7, 11) is 2.17. The van der Waals surface area contributed by atoms with Gasteiger partial charge in [-0.25, -0.2) is 0 Å². The van der Waals surface area contributed by atoms with Crippen LogP contribution in [0.2, 0.25) is 0 Å². The van der Waals surface area contributed by atoms with Gasteiger partial charge in [-0.15, -0.1) is 0 Å². The zero-order chi connectivity index (χ0) is 12.3. The Balaban J connectivity index is 2.18.